The number of Topliss-reactive ketones (excluding diaryl/α,β-unsaturated/α-hetero) is 2. The van der Waals surface area contributed by atoms with Crippen molar-refractivity contribution in [2.24, 2.45) is 10.2 Å². The average Bonchev–Trinajstić information content (AvgIpc) is 2.51. The van der Waals surface area contributed by atoms with Crippen molar-refractivity contribution in [1.82, 2.24) is 0 Å². The Morgan fingerprint density at radius 1 is 1.10 bits per heavy atom. The summed E-state index contributed by atoms with van der Waals surface area (Å²) in [5.74, 6) is -0.229. The molecular weight excluding hydrogens is 264 g/mol. The van der Waals surface area contributed by atoms with Crippen molar-refractivity contribution in [3.8, 4) is 0 Å². The Hall–Kier alpha value is -2.62. The zero-order chi connectivity index (χ0) is 14.8. The maximum atomic E-state index is 12.3. The monoisotopic (exact) mass is 278 g/mol. The molecule has 0 saturated heterocycles. The number of hydrogen-bond donors (Lipinski definition) is 0. The molecule has 0 N–H and O–H groups in total. The largest absolute Gasteiger partial charge is 0.294 e. The molecule has 4 nitrogen and oxygen atoms in total. The van der Waals surface area contributed by atoms with Gasteiger partial charge in [-0.3, -0.25) is 9.59 Å². The highest BCUT2D eigenvalue weighted by Gasteiger charge is 2.28. The lowest BCUT2D eigenvalue weighted by atomic mass is 9.95. The third-order valence-corrected chi connectivity index (χ3v) is 3.53. The van der Waals surface area contributed by atoms with E-state index in [9.17, 15) is 9.59 Å². The van der Waals surface area contributed by atoms with Gasteiger partial charge in [0.15, 0.2) is 11.6 Å². The molecule has 4 heteroatoms. The van der Waals surface area contributed by atoms with Crippen LogP contribution < -0.4 is 0 Å². The minimum Gasteiger partial charge on any atom is -0.294 e. The first kappa shape index (κ1) is 13.4. The van der Waals surface area contributed by atoms with Gasteiger partial charge < -0.3 is 0 Å². The van der Waals surface area contributed by atoms with Crippen LogP contribution in [0.3, 0.4) is 0 Å². The van der Waals surface area contributed by atoms with E-state index in [0.29, 0.717) is 16.8 Å². The Bertz CT molecular complexity index is 733. The van der Waals surface area contributed by atoms with Gasteiger partial charge in [-0.05, 0) is 19.1 Å². The van der Waals surface area contributed by atoms with Crippen molar-refractivity contribution in [1.29, 1.82) is 0 Å². The molecule has 3 rings (SSSR count). The Morgan fingerprint density at radius 2 is 1.81 bits per heavy atom. The highest BCUT2D eigenvalue weighted by atomic mass is 16.1. The summed E-state index contributed by atoms with van der Waals surface area (Å²) in [5, 5.41) is 8.03. The van der Waals surface area contributed by atoms with Gasteiger partial charge >= 0.3 is 0 Å². The van der Waals surface area contributed by atoms with Crippen molar-refractivity contribution in [3.05, 3.63) is 65.2 Å². The van der Waals surface area contributed by atoms with E-state index in [1.54, 1.807) is 30.3 Å². The van der Waals surface area contributed by atoms with Crippen LogP contribution in [0.5, 0.6) is 0 Å². The van der Waals surface area contributed by atoms with Gasteiger partial charge in [-0.2, -0.15) is 10.2 Å². The lowest BCUT2D eigenvalue weighted by Gasteiger charge is -2.15. The molecular formula is C17H14N2O2. The maximum Gasteiger partial charge on any atom is 0.191 e. The molecule has 0 radical (unpaired) electrons. The van der Waals surface area contributed by atoms with Crippen LogP contribution in [0.1, 0.15) is 32.7 Å². The molecule has 1 aliphatic heterocycles. The van der Waals surface area contributed by atoms with Crippen molar-refractivity contribution < 1.29 is 9.59 Å². The number of hydrogen-bond acceptors (Lipinski definition) is 4. The van der Waals surface area contributed by atoms with Crippen LogP contribution >= 0.6 is 0 Å². The van der Waals surface area contributed by atoms with E-state index in [4.69, 9.17) is 0 Å². The molecule has 1 heterocycles. The quantitative estimate of drug-likeness (QED) is 0.799. The summed E-state index contributed by atoms with van der Waals surface area (Å²) < 4.78 is 0. The average molecular weight is 278 g/mol. The Balaban J connectivity index is 1.79. The number of benzene rings is 2. The molecule has 0 spiro atoms. The molecule has 2 aromatic carbocycles. The van der Waals surface area contributed by atoms with Crippen LogP contribution in [-0.4, -0.2) is 17.6 Å². The molecule has 104 valence electrons. The fourth-order valence-corrected chi connectivity index (χ4v) is 2.30. The highest BCUT2D eigenvalue weighted by molar-refractivity contribution is 6.08. The van der Waals surface area contributed by atoms with Crippen LogP contribution in [0.4, 0.5) is 5.69 Å². The number of ketones is 2. The van der Waals surface area contributed by atoms with E-state index in [0.717, 1.165) is 5.56 Å². The first-order valence-corrected chi connectivity index (χ1v) is 6.79. The number of carbonyl (C=O) groups is 2. The van der Waals surface area contributed by atoms with Gasteiger partial charge in [-0.25, -0.2) is 0 Å². The number of fused-ring (bicyclic) bond motifs is 1. The molecule has 1 atom stereocenters. The highest BCUT2D eigenvalue weighted by Crippen LogP contribution is 2.28. The lowest BCUT2D eigenvalue weighted by Crippen LogP contribution is -2.24. The lowest BCUT2D eigenvalue weighted by molar-refractivity contribution is 0.0891. The zero-order valence-corrected chi connectivity index (χ0v) is 11.6. The molecule has 1 unspecified atom stereocenters. The number of aryl methyl sites for hydroxylation is 1. The van der Waals surface area contributed by atoms with Gasteiger partial charge in [0.2, 0.25) is 0 Å². The van der Waals surface area contributed by atoms with Gasteiger partial charge in [0.25, 0.3) is 0 Å². The van der Waals surface area contributed by atoms with Gasteiger partial charge in [-0.15, -0.1) is 0 Å². The Labute approximate surface area is 122 Å². The molecule has 0 fully saturated rings. The van der Waals surface area contributed by atoms with Gasteiger partial charge in [-0.1, -0.05) is 42.0 Å². The minimum atomic E-state index is -0.714. The second-order valence-corrected chi connectivity index (χ2v) is 5.11. The van der Waals surface area contributed by atoms with Crippen LogP contribution in [0.25, 0.3) is 0 Å². The van der Waals surface area contributed by atoms with Crippen molar-refractivity contribution >= 4 is 17.3 Å². The molecule has 0 saturated carbocycles. The fraction of sp³-hybridized carbons (Fsp3) is 0.176. The summed E-state index contributed by atoms with van der Waals surface area (Å²) in [6.45, 7) is 1.96. The minimum absolute atomic E-state index is 0.0553. The standard InChI is InChI=1S/C17H14N2O2/c1-11-6-8-12(9-7-11)16(20)10-15-17(21)13-4-2-3-5-14(13)18-19-15/h2-9,15H,10H2,1H3. The van der Waals surface area contributed by atoms with Crippen molar-refractivity contribution in [2.75, 3.05) is 0 Å². The van der Waals surface area contributed by atoms with Crippen molar-refractivity contribution in [3.63, 3.8) is 0 Å². The first-order chi connectivity index (χ1) is 10.1. The third-order valence-electron chi connectivity index (χ3n) is 3.53. The van der Waals surface area contributed by atoms with Crippen LogP contribution in [0.2, 0.25) is 0 Å². The molecule has 2 aromatic rings. The van der Waals surface area contributed by atoms with E-state index >= 15 is 0 Å². The second-order valence-electron chi connectivity index (χ2n) is 5.11. The molecule has 21 heavy (non-hydrogen) atoms. The summed E-state index contributed by atoms with van der Waals surface area (Å²) in [5.41, 5.74) is 2.80. The van der Waals surface area contributed by atoms with Gasteiger partial charge in [0.1, 0.15) is 6.04 Å². The maximum absolute atomic E-state index is 12.3. The van der Waals surface area contributed by atoms with Crippen LogP contribution in [0.15, 0.2) is 58.8 Å². The summed E-state index contributed by atoms with van der Waals surface area (Å²) in [7, 11) is 0. The van der Waals surface area contributed by atoms with Crippen LogP contribution in [-0.2, 0) is 0 Å². The van der Waals surface area contributed by atoms with Crippen molar-refractivity contribution in [2.45, 2.75) is 19.4 Å². The van der Waals surface area contributed by atoms with E-state index in [-0.39, 0.29) is 18.0 Å². The summed E-state index contributed by atoms with van der Waals surface area (Å²) >= 11 is 0. The molecule has 0 aromatic heterocycles. The molecule has 0 bridgehead atoms. The Kier molecular flexibility index (Phi) is 3.44. The number of rotatable bonds is 3. The topological polar surface area (TPSA) is 58.9 Å². The van der Waals surface area contributed by atoms with Crippen LogP contribution in [0, 0.1) is 6.92 Å². The predicted octanol–water partition coefficient (Wildman–Crippen LogP) is 3.92. The first-order valence-electron chi connectivity index (χ1n) is 6.79. The van der Waals surface area contributed by atoms with E-state index < -0.39 is 6.04 Å². The number of azo groups is 1. The van der Waals surface area contributed by atoms with E-state index in [2.05, 4.69) is 10.2 Å². The summed E-state index contributed by atoms with van der Waals surface area (Å²) in [6.07, 6.45) is 0.0553. The molecule has 0 aliphatic carbocycles. The van der Waals surface area contributed by atoms with E-state index in [1.165, 1.54) is 0 Å². The molecule has 1 aliphatic rings. The van der Waals surface area contributed by atoms with Gasteiger partial charge in [0, 0.05) is 17.5 Å². The smallest absolute Gasteiger partial charge is 0.191 e. The second kappa shape index (κ2) is 5.40. The SMILES string of the molecule is Cc1ccc(C(=O)CC2N=Nc3ccccc3C2=O)cc1. The zero-order valence-electron chi connectivity index (χ0n) is 11.6. The fourth-order valence-electron chi connectivity index (χ4n) is 2.30. The molecule has 0 amide bonds. The normalized spacial score (nSPS) is 16.6. The number of nitrogens with zero attached hydrogens (tertiary/aromatic N) is 2. The summed E-state index contributed by atoms with van der Waals surface area (Å²) in [4.78, 5) is 24.6. The third kappa shape index (κ3) is 2.65. The van der Waals surface area contributed by atoms with Gasteiger partial charge in [0.05, 0.1) is 5.69 Å². The van der Waals surface area contributed by atoms with E-state index in [1.807, 2.05) is 25.1 Å². The predicted molar refractivity (Wildman–Crippen MR) is 79.2 cm³/mol. The number of carbonyl (C=O) groups excluding carboxylic acids is 2. The summed E-state index contributed by atoms with van der Waals surface area (Å²) in [6, 6.07) is 13.7. The Morgan fingerprint density at radius 3 is 2.57 bits per heavy atom.